The molecule has 0 spiro atoms. The van der Waals surface area contributed by atoms with Gasteiger partial charge in [-0.2, -0.15) is 10.2 Å². The first-order chi connectivity index (χ1) is 17.4. The summed E-state index contributed by atoms with van der Waals surface area (Å²) in [6, 6.07) is 24.8. The van der Waals surface area contributed by atoms with Crippen LogP contribution in [-0.4, -0.2) is 31.7 Å². The maximum atomic E-state index is 12.9. The molecule has 1 amide bonds. The number of nitrogens with one attached hydrogen (secondary N) is 2. The number of primary sulfonamides is 1. The van der Waals surface area contributed by atoms with E-state index < -0.39 is 10.0 Å². The molecule has 4 rings (SSSR count). The lowest BCUT2D eigenvalue weighted by Gasteiger charge is -2.07. The molecule has 4 N–H and O–H groups in total. The second-order valence-corrected chi connectivity index (χ2v) is 9.39. The zero-order valence-electron chi connectivity index (χ0n) is 19.2. The van der Waals surface area contributed by atoms with Crippen molar-refractivity contribution >= 4 is 44.9 Å². The normalized spacial score (nSPS) is 11.8. The summed E-state index contributed by atoms with van der Waals surface area (Å²) in [6.45, 7) is 0. The Kier molecular flexibility index (Phi) is 7.79. The van der Waals surface area contributed by atoms with Gasteiger partial charge in [-0.05, 0) is 54.8 Å². The van der Waals surface area contributed by atoms with Crippen molar-refractivity contribution in [3.63, 3.8) is 0 Å². The molecule has 9 nitrogen and oxygen atoms in total. The Hall–Kier alpha value is -4.41. The maximum absolute atomic E-state index is 12.9. The van der Waals surface area contributed by atoms with E-state index in [1.54, 1.807) is 24.4 Å². The van der Waals surface area contributed by atoms with Crippen molar-refractivity contribution in [1.82, 2.24) is 10.4 Å². The molecule has 0 aliphatic carbocycles. The van der Waals surface area contributed by atoms with Crippen LogP contribution in [0.2, 0.25) is 0 Å². The lowest BCUT2D eigenvalue weighted by atomic mass is 10.1. The van der Waals surface area contributed by atoms with Gasteiger partial charge in [0, 0.05) is 11.6 Å². The average molecular weight is 501 g/mol. The molecule has 0 fully saturated rings. The summed E-state index contributed by atoms with van der Waals surface area (Å²) in [6.07, 6.45) is 4.68. The number of pyridine rings is 1. The number of carbonyl (C=O) groups excluding carboxylic acids is 1. The Labute approximate surface area is 208 Å². The highest BCUT2D eigenvalue weighted by Gasteiger charge is 2.12. The SMILES string of the molecule is NS(=O)(=O)c1ccc(N/N=C/c2cc(C(=O)N/N=C\CCc3ccccc3)c3ccccc3n2)cc1. The Morgan fingerprint density at radius 2 is 1.67 bits per heavy atom. The molecule has 1 heterocycles. The predicted octanol–water partition coefficient (Wildman–Crippen LogP) is 3.68. The number of nitrogens with two attached hydrogens (primary N) is 1. The number of aryl methyl sites for hydroxylation is 1. The third-order valence-corrected chi connectivity index (χ3v) is 6.15. The summed E-state index contributed by atoms with van der Waals surface area (Å²) in [5.41, 5.74) is 8.66. The highest BCUT2D eigenvalue weighted by molar-refractivity contribution is 7.89. The van der Waals surface area contributed by atoms with Gasteiger partial charge >= 0.3 is 0 Å². The van der Waals surface area contributed by atoms with Crippen molar-refractivity contribution in [3.05, 3.63) is 102 Å². The molecule has 36 heavy (non-hydrogen) atoms. The fourth-order valence-electron chi connectivity index (χ4n) is 3.45. The number of para-hydroxylation sites is 1. The van der Waals surface area contributed by atoms with Crippen LogP contribution < -0.4 is 16.0 Å². The van der Waals surface area contributed by atoms with E-state index in [2.05, 4.69) is 26.0 Å². The zero-order valence-corrected chi connectivity index (χ0v) is 20.0. The zero-order chi connectivity index (χ0) is 25.4. The van der Waals surface area contributed by atoms with Gasteiger partial charge in [0.2, 0.25) is 10.0 Å². The molecular weight excluding hydrogens is 476 g/mol. The molecule has 0 atom stereocenters. The number of fused-ring (bicyclic) bond motifs is 1. The highest BCUT2D eigenvalue weighted by atomic mass is 32.2. The quantitative estimate of drug-likeness (QED) is 0.238. The van der Waals surface area contributed by atoms with Crippen LogP contribution in [0.15, 0.2) is 100 Å². The van der Waals surface area contributed by atoms with Crippen LogP contribution in [0.3, 0.4) is 0 Å². The van der Waals surface area contributed by atoms with Crippen molar-refractivity contribution in [3.8, 4) is 0 Å². The van der Waals surface area contributed by atoms with E-state index in [0.717, 1.165) is 6.42 Å². The number of carbonyl (C=O) groups is 1. The number of hydrogen-bond acceptors (Lipinski definition) is 7. The van der Waals surface area contributed by atoms with Crippen molar-refractivity contribution in [2.24, 2.45) is 15.3 Å². The molecule has 0 saturated heterocycles. The first-order valence-corrected chi connectivity index (χ1v) is 12.6. The van der Waals surface area contributed by atoms with Crippen LogP contribution in [-0.2, 0) is 16.4 Å². The van der Waals surface area contributed by atoms with Crippen LogP contribution in [0.25, 0.3) is 10.9 Å². The summed E-state index contributed by atoms with van der Waals surface area (Å²) < 4.78 is 22.7. The lowest BCUT2D eigenvalue weighted by molar-refractivity contribution is 0.0956. The number of benzene rings is 3. The topological polar surface area (TPSA) is 139 Å². The van der Waals surface area contributed by atoms with E-state index >= 15 is 0 Å². The molecule has 0 bridgehead atoms. The Morgan fingerprint density at radius 1 is 0.944 bits per heavy atom. The lowest BCUT2D eigenvalue weighted by Crippen LogP contribution is -2.18. The van der Waals surface area contributed by atoms with Crippen molar-refractivity contribution in [2.75, 3.05) is 5.43 Å². The molecule has 1 aromatic heterocycles. The van der Waals surface area contributed by atoms with E-state index in [-0.39, 0.29) is 10.8 Å². The standard InChI is InChI=1S/C26H24N6O3S/c27-36(34,35)22-14-12-20(13-15-22)31-29-18-21-17-24(23-10-4-5-11-25(23)30-21)26(33)32-28-16-6-9-19-7-2-1-3-8-19/h1-5,7-8,10-18,31H,6,9H2,(H,32,33)(H2,27,34,35)/b28-16-,29-18+. The molecule has 182 valence electrons. The average Bonchev–Trinajstić information content (AvgIpc) is 2.88. The first-order valence-electron chi connectivity index (χ1n) is 11.1. The van der Waals surface area contributed by atoms with Gasteiger partial charge < -0.3 is 0 Å². The minimum absolute atomic E-state index is 0.00612. The Balaban J connectivity index is 1.44. The number of sulfonamides is 1. The molecule has 0 saturated carbocycles. The Morgan fingerprint density at radius 3 is 2.42 bits per heavy atom. The summed E-state index contributed by atoms with van der Waals surface area (Å²) in [7, 11) is -3.76. The fraction of sp³-hybridized carbons (Fsp3) is 0.0769. The predicted molar refractivity (Wildman–Crippen MR) is 141 cm³/mol. The number of rotatable bonds is 9. The van der Waals surface area contributed by atoms with E-state index in [1.165, 1.54) is 23.9 Å². The van der Waals surface area contributed by atoms with Gasteiger partial charge in [0.15, 0.2) is 0 Å². The van der Waals surface area contributed by atoms with Crippen molar-refractivity contribution in [1.29, 1.82) is 0 Å². The van der Waals surface area contributed by atoms with Gasteiger partial charge in [-0.1, -0.05) is 48.5 Å². The molecule has 0 unspecified atom stereocenters. The van der Waals surface area contributed by atoms with E-state index in [1.807, 2.05) is 54.6 Å². The monoisotopic (exact) mass is 500 g/mol. The second kappa shape index (κ2) is 11.3. The fourth-order valence-corrected chi connectivity index (χ4v) is 3.96. The summed E-state index contributed by atoms with van der Waals surface area (Å²) >= 11 is 0. The molecule has 4 aromatic rings. The van der Waals surface area contributed by atoms with E-state index in [4.69, 9.17) is 5.14 Å². The number of aromatic nitrogens is 1. The summed E-state index contributed by atoms with van der Waals surface area (Å²) in [4.78, 5) is 17.4. The molecule has 0 radical (unpaired) electrons. The number of nitrogens with zero attached hydrogens (tertiary/aromatic N) is 3. The number of amides is 1. The number of anilines is 1. The maximum Gasteiger partial charge on any atom is 0.272 e. The van der Waals surface area contributed by atoms with E-state index in [9.17, 15) is 13.2 Å². The third-order valence-electron chi connectivity index (χ3n) is 5.22. The second-order valence-electron chi connectivity index (χ2n) is 7.83. The minimum Gasteiger partial charge on any atom is -0.278 e. The number of hydrazone groups is 2. The summed E-state index contributed by atoms with van der Waals surface area (Å²) in [5.74, 6) is -0.356. The van der Waals surface area contributed by atoms with Gasteiger partial charge in [-0.15, -0.1) is 0 Å². The van der Waals surface area contributed by atoms with Crippen LogP contribution in [0.4, 0.5) is 5.69 Å². The largest absolute Gasteiger partial charge is 0.278 e. The minimum atomic E-state index is -3.76. The molecule has 0 aliphatic heterocycles. The Bertz CT molecular complexity index is 1520. The van der Waals surface area contributed by atoms with Gasteiger partial charge in [0.05, 0.1) is 33.6 Å². The smallest absolute Gasteiger partial charge is 0.272 e. The highest BCUT2D eigenvalue weighted by Crippen LogP contribution is 2.18. The van der Waals surface area contributed by atoms with Crippen molar-refractivity contribution in [2.45, 2.75) is 17.7 Å². The van der Waals surface area contributed by atoms with Gasteiger partial charge in [0.1, 0.15) is 0 Å². The third kappa shape index (κ3) is 6.59. The van der Waals surface area contributed by atoms with Crippen LogP contribution in [0.5, 0.6) is 0 Å². The number of hydrogen-bond donors (Lipinski definition) is 3. The van der Waals surface area contributed by atoms with Gasteiger partial charge in [-0.3, -0.25) is 10.2 Å². The van der Waals surface area contributed by atoms with Gasteiger partial charge in [0.25, 0.3) is 5.91 Å². The summed E-state index contributed by atoms with van der Waals surface area (Å²) in [5, 5.41) is 14.0. The molecule has 3 aromatic carbocycles. The molecule has 10 heteroatoms. The first kappa shape index (κ1) is 24.7. The van der Waals surface area contributed by atoms with Crippen LogP contribution >= 0.6 is 0 Å². The van der Waals surface area contributed by atoms with Crippen molar-refractivity contribution < 1.29 is 13.2 Å². The van der Waals surface area contributed by atoms with Gasteiger partial charge in [-0.25, -0.2) is 24.0 Å². The van der Waals surface area contributed by atoms with Crippen LogP contribution in [0.1, 0.15) is 28.0 Å². The molecular formula is C26H24N6O3S. The van der Waals surface area contributed by atoms with Crippen LogP contribution in [0, 0.1) is 0 Å². The van der Waals surface area contributed by atoms with E-state index in [0.29, 0.717) is 34.3 Å². The molecule has 0 aliphatic rings.